The van der Waals surface area contributed by atoms with E-state index in [-0.39, 0.29) is 5.78 Å². The Balaban J connectivity index is 1.56. The van der Waals surface area contributed by atoms with Crippen LogP contribution in [-0.4, -0.2) is 10.8 Å². The molecule has 4 rings (SSSR count). The lowest BCUT2D eigenvalue weighted by Gasteiger charge is -2.20. The van der Waals surface area contributed by atoms with E-state index in [4.69, 9.17) is 4.42 Å². The minimum absolute atomic E-state index is 0.174. The number of carbonyl (C=O) groups excluding carboxylic acids is 1. The molecular formula is C16H17NO3. The number of aromatic amines is 1. The molecule has 1 aromatic carbocycles. The number of ketones is 1. The van der Waals surface area contributed by atoms with Crippen molar-refractivity contribution in [2.45, 2.75) is 32.1 Å². The number of hydrogen-bond donors (Lipinski definition) is 1. The highest BCUT2D eigenvalue weighted by Gasteiger charge is 2.40. The van der Waals surface area contributed by atoms with Gasteiger partial charge in [0.2, 0.25) is 0 Å². The van der Waals surface area contributed by atoms with Crippen LogP contribution in [0, 0.1) is 17.8 Å². The Morgan fingerprint density at radius 1 is 1.30 bits per heavy atom. The molecule has 0 saturated heterocycles. The Hall–Kier alpha value is -1.84. The van der Waals surface area contributed by atoms with Crippen molar-refractivity contribution >= 4 is 16.9 Å². The summed E-state index contributed by atoms with van der Waals surface area (Å²) in [7, 11) is 0. The van der Waals surface area contributed by atoms with Gasteiger partial charge in [0, 0.05) is 12.0 Å². The quantitative estimate of drug-likeness (QED) is 0.872. The normalized spacial score (nSPS) is 28.3. The van der Waals surface area contributed by atoms with Crippen LogP contribution in [0.2, 0.25) is 0 Å². The highest BCUT2D eigenvalue weighted by molar-refractivity contribution is 5.98. The average Bonchev–Trinajstić information content (AvgIpc) is 3.10. The van der Waals surface area contributed by atoms with E-state index in [1.807, 2.05) is 0 Å². The van der Waals surface area contributed by atoms with Gasteiger partial charge in [-0.15, -0.1) is 0 Å². The van der Waals surface area contributed by atoms with Gasteiger partial charge in [-0.05, 0) is 55.2 Å². The van der Waals surface area contributed by atoms with Crippen molar-refractivity contribution in [2.24, 2.45) is 17.8 Å². The second kappa shape index (κ2) is 4.33. The first-order valence-electron chi connectivity index (χ1n) is 7.35. The molecule has 0 aliphatic heterocycles. The molecule has 0 radical (unpaired) electrons. The van der Waals surface area contributed by atoms with E-state index in [9.17, 15) is 9.59 Å². The van der Waals surface area contributed by atoms with Gasteiger partial charge in [-0.3, -0.25) is 9.78 Å². The molecule has 0 amide bonds. The van der Waals surface area contributed by atoms with Gasteiger partial charge in [0.1, 0.15) is 0 Å². The van der Waals surface area contributed by atoms with Crippen LogP contribution in [0.3, 0.4) is 0 Å². The SMILES string of the molecule is O=C(CC1CC2CCC1C2)c1ccc2[nH]c(=O)oc2c1. The van der Waals surface area contributed by atoms with Crippen LogP contribution in [0.1, 0.15) is 42.5 Å². The summed E-state index contributed by atoms with van der Waals surface area (Å²) in [6.45, 7) is 0. The summed E-state index contributed by atoms with van der Waals surface area (Å²) in [6, 6.07) is 5.21. The van der Waals surface area contributed by atoms with Crippen molar-refractivity contribution in [3.05, 3.63) is 34.3 Å². The van der Waals surface area contributed by atoms with Gasteiger partial charge in [0.05, 0.1) is 5.52 Å². The van der Waals surface area contributed by atoms with E-state index in [0.717, 1.165) is 11.8 Å². The summed E-state index contributed by atoms with van der Waals surface area (Å²) in [4.78, 5) is 26.1. The second-order valence-electron chi connectivity index (χ2n) is 6.29. The van der Waals surface area contributed by atoms with Crippen molar-refractivity contribution in [2.75, 3.05) is 0 Å². The summed E-state index contributed by atoms with van der Waals surface area (Å²) < 4.78 is 5.01. The van der Waals surface area contributed by atoms with E-state index in [1.165, 1.54) is 25.7 Å². The molecule has 4 heteroatoms. The van der Waals surface area contributed by atoms with Crippen molar-refractivity contribution < 1.29 is 9.21 Å². The summed E-state index contributed by atoms with van der Waals surface area (Å²) in [5.41, 5.74) is 1.77. The van der Waals surface area contributed by atoms with Gasteiger partial charge in [-0.25, -0.2) is 4.79 Å². The molecule has 1 N–H and O–H groups in total. The Labute approximate surface area is 116 Å². The molecule has 2 aromatic rings. The number of fused-ring (bicyclic) bond motifs is 3. The third-order valence-corrected chi connectivity index (χ3v) is 5.08. The second-order valence-corrected chi connectivity index (χ2v) is 6.29. The summed E-state index contributed by atoms with van der Waals surface area (Å²) in [6.07, 6.45) is 5.84. The number of aromatic nitrogens is 1. The Kier molecular flexibility index (Phi) is 2.59. The fourth-order valence-corrected chi connectivity index (χ4v) is 4.10. The first-order chi connectivity index (χ1) is 9.69. The number of hydrogen-bond acceptors (Lipinski definition) is 3. The van der Waals surface area contributed by atoms with E-state index in [0.29, 0.717) is 29.0 Å². The van der Waals surface area contributed by atoms with Gasteiger partial charge >= 0.3 is 5.76 Å². The van der Waals surface area contributed by atoms with Gasteiger partial charge in [0.25, 0.3) is 0 Å². The Morgan fingerprint density at radius 2 is 2.20 bits per heavy atom. The van der Waals surface area contributed by atoms with Crippen LogP contribution in [0.15, 0.2) is 27.4 Å². The lowest BCUT2D eigenvalue weighted by Crippen LogP contribution is -2.15. The maximum Gasteiger partial charge on any atom is 0.417 e. The van der Waals surface area contributed by atoms with E-state index in [1.54, 1.807) is 18.2 Å². The third kappa shape index (κ3) is 1.90. The van der Waals surface area contributed by atoms with Crippen molar-refractivity contribution in [3.8, 4) is 0 Å². The van der Waals surface area contributed by atoms with Gasteiger partial charge < -0.3 is 4.42 Å². The van der Waals surface area contributed by atoms with Gasteiger partial charge in [-0.2, -0.15) is 0 Å². The number of rotatable bonds is 3. The smallest absolute Gasteiger partial charge is 0.408 e. The predicted molar refractivity (Wildman–Crippen MR) is 74.7 cm³/mol. The maximum atomic E-state index is 12.4. The molecule has 2 bridgehead atoms. The first kappa shape index (κ1) is 11.9. The molecule has 20 heavy (non-hydrogen) atoms. The third-order valence-electron chi connectivity index (χ3n) is 5.08. The molecular weight excluding hydrogens is 254 g/mol. The lowest BCUT2D eigenvalue weighted by atomic mass is 9.84. The van der Waals surface area contributed by atoms with Crippen molar-refractivity contribution in [1.82, 2.24) is 4.98 Å². The molecule has 4 nitrogen and oxygen atoms in total. The van der Waals surface area contributed by atoms with Crippen LogP contribution in [0.5, 0.6) is 0 Å². The van der Waals surface area contributed by atoms with Crippen LogP contribution in [0.4, 0.5) is 0 Å². The fourth-order valence-electron chi connectivity index (χ4n) is 4.10. The van der Waals surface area contributed by atoms with Crippen LogP contribution >= 0.6 is 0 Å². The Bertz CT molecular complexity index is 727. The van der Waals surface area contributed by atoms with Gasteiger partial charge in [-0.1, -0.05) is 6.42 Å². The number of Topliss-reactive ketones (excluding diaryl/α,β-unsaturated/α-hetero) is 1. The minimum atomic E-state index is -0.474. The molecule has 2 fully saturated rings. The number of H-pyrrole nitrogens is 1. The van der Waals surface area contributed by atoms with Crippen LogP contribution in [-0.2, 0) is 0 Å². The minimum Gasteiger partial charge on any atom is -0.408 e. The molecule has 3 unspecified atom stereocenters. The van der Waals surface area contributed by atoms with E-state index in [2.05, 4.69) is 4.98 Å². The van der Waals surface area contributed by atoms with Crippen molar-refractivity contribution in [1.29, 1.82) is 0 Å². The molecule has 1 heterocycles. The molecule has 1 aromatic heterocycles. The topological polar surface area (TPSA) is 63.1 Å². The average molecular weight is 271 g/mol. The highest BCUT2D eigenvalue weighted by Crippen LogP contribution is 2.49. The van der Waals surface area contributed by atoms with E-state index >= 15 is 0 Å². The lowest BCUT2D eigenvalue weighted by molar-refractivity contribution is 0.0944. The summed E-state index contributed by atoms with van der Waals surface area (Å²) >= 11 is 0. The van der Waals surface area contributed by atoms with Crippen LogP contribution in [0.25, 0.3) is 11.1 Å². The van der Waals surface area contributed by atoms with Gasteiger partial charge in [0.15, 0.2) is 11.4 Å². The summed E-state index contributed by atoms with van der Waals surface area (Å²) in [5, 5.41) is 0. The zero-order valence-electron chi connectivity index (χ0n) is 11.2. The zero-order chi connectivity index (χ0) is 13.7. The van der Waals surface area contributed by atoms with Crippen LogP contribution < -0.4 is 5.76 Å². The summed E-state index contributed by atoms with van der Waals surface area (Å²) in [5.74, 6) is 1.89. The molecule has 2 aliphatic rings. The largest absolute Gasteiger partial charge is 0.417 e. The maximum absolute atomic E-state index is 12.4. The first-order valence-corrected chi connectivity index (χ1v) is 7.35. The van der Waals surface area contributed by atoms with Crippen molar-refractivity contribution in [3.63, 3.8) is 0 Å². The molecule has 2 aliphatic carbocycles. The highest BCUT2D eigenvalue weighted by atomic mass is 16.4. The molecule has 104 valence electrons. The standard InChI is InChI=1S/C16H17NO3/c18-14(7-12-6-9-1-2-10(12)5-9)11-3-4-13-15(8-11)20-16(19)17-13/h3-4,8-10,12H,1-2,5-7H2,(H,17,19). The fraction of sp³-hybridized carbons (Fsp3) is 0.500. The zero-order valence-corrected chi connectivity index (χ0v) is 11.2. The molecule has 3 atom stereocenters. The molecule has 2 saturated carbocycles. The predicted octanol–water partition coefficient (Wildman–Crippen LogP) is 3.13. The number of oxazole rings is 1. The monoisotopic (exact) mass is 271 g/mol. The number of carbonyl (C=O) groups is 1. The Morgan fingerprint density at radius 3 is 2.95 bits per heavy atom. The molecule has 0 spiro atoms. The number of benzene rings is 1. The van der Waals surface area contributed by atoms with E-state index < -0.39 is 5.76 Å². The number of nitrogens with one attached hydrogen (secondary N) is 1.